The van der Waals surface area contributed by atoms with Gasteiger partial charge in [0.15, 0.2) is 0 Å². The van der Waals surface area contributed by atoms with Crippen LogP contribution in [-0.2, 0) is 53.2 Å². The van der Waals surface area contributed by atoms with Gasteiger partial charge in [-0.25, -0.2) is 12.7 Å². The van der Waals surface area contributed by atoms with Crippen molar-refractivity contribution >= 4 is 7.60 Å². The van der Waals surface area contributed by atoms with E-state index in [2.05, 4.69) is 0 Å². The van der Waals surface area contributed by atoms with Crippen LogP contribution < -0.4 is 0 Å². The van der Waals surface area contributed by atoms with Gasteiger partial charge in [0.1, 0.15) is 0 Å². The summed E-state index contributed by atoms with van der Waals surface area (Å²) in [5.41, 5.74) is 0. The van der Waals surface area contributed by atoms with E-state index in [9.17, 15) is 4.57 Å². The van der Waals surface area contributed by atoms with E-state index in [0.29, 0.717) is 0 Å². The molecule has 0 aromatic carbocycles. The average Bonchev–Trinajstić information content (AvgIpc) is 1.95. The topological polar surface area (TPSA) is 35.5 Å². The number of hydrogen-bond acceptors (Lipinski definition) is 3. The van der Waals surface area contributed by atoms with Crippen molar-refractivity contribution in [2.75, 3.05) is 0 Å². The normalized spacial score (nSPS) is 32.7. The quantitative estimate of drug-likeness (QED) is 0.429. The molecule has 0 aromatic heterocycles. The van der Waals surface area contributed by atoms with Crippen molar-refractivity contribution in [1.29, 1.82) is 0 Å². The number of hydrogen-bond donors (Lipinski definition) is 0. The van der Waals surface area contributed by atoms with Crippen molar-refractivity contribution in [2.45, 2.75) is 39.8 Å². The van der Waals surface area contributed by atoms with Crippen molar-refractivity contribution in [3.8, 4) is 0 Å². The molecular formula is C9H17O3PVW-2. The first-order chi connectivity index (χ1) is 5.76. The van der Waals surface area contributed by atoms with Crippen LogP contribution in [0.5, 0.6) is 0 Å². The summed E-state index contributed by atoms with van der Waals surface area (Å²) in [7, 11) is -2.98. The zero-order valence-electron chi connectivity index (χ0n) is 9.68. The van der Waals surface area contributed by atoms with E-state index < -0.39 is 12.8 Å². The van der Waals surface area contributed by atoms with Gasteiger partial charge in [0.05, 0.1) is 5.16 Å². The predicted octanol–water partition coefficient (Wildman–Crippen LogP) is 3.37. The van der Waals surface area contributed by atoms with Gasteiger partial charge in [-0.1, -0.05) is 0 Å². The fraction of sp³-hybridized carbons (Fsp3) is 0.778. The molecule has 1 saturated heterocycles. The molecule has 0 bridgehead atoms. The van der Waals surface area contributed by atoms with Crippen LogP contribution in [-0.4, -0.2) is 5.16 Å². The van der Waals surface area contributed by atoms with Crippen molar-refractivity contribution < 1.29 is 53.2 Å². The Kier molecular flexibility index (Phi) is 7.99. The molecule has 2 atom stereocenters. The van der Waals surface area contributed by atoms with Gasteiger partial charge in [0.25, 0.3) is 7.60 Å². The summed E-state index contributed by atoms with van der Waals surface area (Å²) in [4.78, 5) is 0. The summed E-state index contributed by atoms with van der Waals surface area (Å²) in [6, 6.07) is 0. The summed E-state index contributed by atoms with van der Waals surface area (Å²) in [5.74, 6) is 0.115. The largest absolute Gasteiger partial charge is 0.489 e. The first-order valence-electron chi connectivity index (χ1n) is 4.41. The molecule has 15 heavy (non-hydrogen) atoms. The minimum atomic E-state index is -2.98. The summed E-state index contributed by atoms with van der Waals surface area (Å²) >= 11 is 0. The molecule has 0 saturated carbocycles. The maximum absolute atomic E-state index is 12.1. The Morgan fingerprint density at radius 2 is 1.87 bits per heavy atom. The van der Waals surface area contributed by atoms with Crippen LogP contribution in [0.1, 0.15) is 34.6 Å². The number of rotatable bonds is 0. The van der Waals surface area contributed by atoms with E-state index in [1.54, 1.807) is 6.61 Å². The fourth-order valence-corrected chi connectivity index (χ4v) is 2.38. The second-order valence-electron chi connectivity index (χ2n) is 4.40. The molecule has 1 radical (unpaired) electrons. The first-order valence-corrected chi connectivity index (χ1v) is 5.95. The molecule has 0 N–H and O–H groups in total. The van der Waals surface area contributed by atoms with Gasteiger partial charge in [0, 0.05) is 39.6 Å². The molecule has 6 heteroatoms. The fourth-order valence-electron chi connectivity index (χ4n) is 0.856. The van der Waals surface area contributed by atoms with Gasteiger partial charge < -0.3 is 9.05 Å². The van der Waals surface area contributed by atoms with Crippen LogP contribution in [0, 0.1) is 18.6 Å². The summed E-state index contributed by atoms with van der Waals surface area (Å²) in [6.45, 7) is 10.9. The first kappa shape index (κ1) is 18.8. The minimum absolute atomic E-state index is 0. The molecule has 1 aliphatic rings. The van der Waals surface area contributed by atoms with Crippen LogP contribution in [0.3, 0.4) is 0 Å². The van der Waals surface area contributed by atoms with Crippen molar-refractivity contribution in [1.82, 2.24) is 0 Å². The molecule has 0 aromatic rings. The molecule has 0 spiro atoms. The standard InChI is InChI=1S/C9H17O3P.V.W/c1-7-6-11-13(10,9(3,4)5)12-8(7)2;;/h6-7H,1-5H3;;/q-2;;. The second-order valence-corrected chi connectivity index (χ2v) is 7.13. The monoisotopic (exact) mass is 439 g/mol. The average molecular weight is 439 g/mol. The molecule has 1 fully saturated rings. The molecule has 1 heterocycles. The maximum atomic E-state index is 12.1. The van der Waals surface area contributed by atoms with Gasteiger partial charge in [-0.05, 0) is 20.8 Å². The van der Waals surface area contributed by atoms with Gasteiger partial charge >= 0.3 is 0 Å². The molecule has 1 aliphatic heterocycles. The Bertz CT molecular complexity index is 242. The van der Waals surface area contributed by atoms with Crippen molar-refractivity contribution in [2.24, 2.45) is 5.92 Å². The van der Waals surface area contributed by atoms with Crippen LogP contribution in [0.25, 0.3) is 0 Å². The van der Waals surface area contributed by atoms with Crippen LogP contribution >= 0.6 is 7.60 Å². The Hall–Kier alpha value is 1.42. The SMILES string of the molecule is C[C-]1OP(=O)(C(C)(C)C)O[CH-]C1C.[V].[W]. The Balaban J connectivity index is 0. The Morgan fingerprint density at radius 1 is 1.40 bits per heavy atom. The second kappa shape index (κ2) is 6.38. The zero-order valence-corrected chi connectivity index (χ0v) is 14.9. The minimum Gasteiger partial charge on any atom is -0.489 e. The van der Waals surface area contributed by atoms with Crippen molar-refractivity contribution in [3.05, 3.63) is 12.7 Å². The third kappa shape index (κ3) is 4.30. The smallest absolute Gasteiger partial charge is 0.275 e. The molecule has 2 unspecified atom stereocenters. The summed E-state index contributed by atoms with van der Waals surface area (Å²) in [5, 5.41) is -0.467. The molecule has 1 rings (SSSR count). The molecule has 3 nitrogen and oxygen atoms in total. The third-order valence-electron chi connectivity index (χ3n) is 2.13. The maximum Gasteiger partial charge on any atom is 0.275 e. The van der Waals surface area contributed by atoms with Gasteiger partial charge in [-0.2, -0.15) is 6.92 Å². The van der Waals surface area contributed by atoms with Crippen LogP contribution in [0.4, 0.5) is 0 Å². The Morgan fingerprint density at radius 3 is 2.20 bits per heavy atom. The zero-order chi connectivity index (χ0) is 10.3. The van der Waals surface area contributed by atoms with Crippen molar-refractivity contribution in [3.63, 3.8) is 0 Å². The Labute approximate surface area is 119 Å². The van der Waals surface area contributed by atoms with E-state index in [1.165, 1.54) is 0 Å². The summed E-state index contributed by atoms with van der Waals surface area (Å²) in [6.07, 6.45) is 0.768. The van der Waals surface area contributed by atoms with Gasteiger partial charge in [0.2, 0.25) is 0 Å². The van der Waals surface area contributed by atoms with Crippen LogP contribution in [0.2, 0.25) is 0 Å². The third-order valence-corrected chi connectivity index (χ3v) is 4.70. The predicted molar refractivity (Wildman–Crippen MR) is 51.9 cm³/mol. The summed E-state index contributed by atoms with van der Waals surface area (Å²) < 4.78 is 22.7. The van der Waals surface area contributed by atoms with Gasteiger partial charge in [-0.15, -0.1) is 6.92 Å². The van der Waals surface area contributed by atoms with E-state index in [1.807, 2.05) is 34.6 Å². The molecule has 0 aliphatic carbocycles. The van der Waals surface area contributed by atoms with Gasteiger partial charge in [-0.3, -0.25) is 10.5 Å². The van der Waals surface area contributed by atoms with E-state index in [-0.39, 0.29) is 45.5 Å². The molecular weight excluding hydrogens is 422 g/mol. The molecule has 0 amide bonds. The van der Waals surface area contributed by atoms with E-state index >= 15 is 0 Å². The van der Waals surface area contributed by atoms with E-state index in [0.717, 1.165) is 6.10 Å². The van der Waals surface area contributed by atoms with Crippen LogP contribution in [0.15, 0.2) is 0 Å². The van der Waals surface area contributed by atoms with E-state index in [4.69, 9.17) is 9.05 Å². The molecule has 89 valence electrons.